The maximum Gasteiger partial charge on any atom is 0.342 e. The molecule has 0 aliphatic heterocycles. The van der Waals surface area contributed by atoms with Crippen LogP contribution in [0.1, 0.15) is 21.7 Å². The van der Waals surface area contributed by atoms with Gasteiger partial charge in [-0.1, -0.05) is 35.0 Å². The molecule has 0 atom stereocenters. The van der Waals surface area contributed by atoms with Crippen molar-refractivity contribution >= 4 is 17.8 Å². The van der Waals surface area contributed by atoms with Crippen molar-refractivity contribution in [3.8, 4) is 11.3 Å². The highest BCUT2D eigenvalue weighted by molar-refractivity contribution is 5.95. The number of esters is 1. The van der Waals surface area contributed by atoms with Gasteiger partial charge in [-0.2, -0.15) is 0 Å². The molecule has 0 radical (unpaired) electrons. The summed E-state index contributed by atoms with van der Waals surface area (Å²) in [5, 5.41) is 6.40. The Morgan fingerprint density at radius 1 is 1.16 bits per heavy atom. The molecule has 3 aromatic rings. The van der Waals surface area contributed by atoms with Crippen LogP contribution < -0.4 is 5.32 Å². The summed E-state index contributed by atoms with van der Waals surface area (Å²) in [4.78, 5) is 23.7. The van der Waals surface area contributed by atoms with E-state index >= 15 is 0 Å². The van der Waals surface area contributed by atoms with Crippen LogP contribution in [-0.4, -0.2) is 23.6 Å². The molecule has 1 amide bonds. The van der Waals surface area contributed by atoms with E-state index in [2.05, 4.69) is 10.5 Å². The number of nitrogens with one attached hydrogen (secondary N) is 1. The van der Waals surface area contributed by atoms with Crippen LogP contribution in [0.2, 0.25) is 0 Å². The molecule has 0 unspecified atom stereocenters. The molecule has 0 bridgehead atoms. The Labute approximate surface area is 143 Å². The fourth-order valence-electron chi connectivity index (χ4n) is 2.17. The molecule has 2 heterocycles. The van der Waals surface area contributed by atoms with Gasteiger partial charge in [-0.15, -0.1) is 0 Å². The molecule has 25 heavy (non-hydrogen) atoms. The van der Waals surface area contributed by atoms with Crippen LogP contribution in [0.15, 0.2) is 51.6 Å². The number of aromatic nitrogens is 1. The van der Waals surface area contributed by atoms with Crippen molar-refractivity contribution in [2.24, 2.45) is 0 Å². The molecule has 128 valence electrons. The number of hydrogen-bond acceptors (Lipinski definition) is 6. The molecule has 0 aliphatic rings. The van der Waals surface area contributed by atoms with Crippen molar-refractivity contribution < 1.29 is 23.3 Å². The summed E-state index contributed by atoms with van der Waals surface area (Å²) < 4.78 is 15.0. The van der Waals surface area contributed by atoms with E-state index < -0.39 is 18.5 Å². The number of furan rings is 1. The van der Waals surface area contributed by atoms with Gasteiger partial charge in [-0.05, 0) is 19.9 Å². The van der Waals surface area contributed by atoms with E-state index in [1.165, 1.54) is 12.3 Å². The zero-order chi connectivity index (χ0) is 17.8. The van der Waals surface area contributed by atoms with Gasteiger partial charge in [-0.25, -0.2) is 4.79 Å². The van der Waals surface area contributed by atoms with Crippen molar-refractivity contribution in [3.63, 3.8) is 0 Å². The van der Waals surface area contributed by atoms with Gasteiger partial charge in [0.25, 0.3) is 5.91 Å². The number of benzene rings is 1. The van der Waals surface area contributed by atoms with Crippen LogP contribution in [0, 0.1) is 13.8 Å². The molecular formula is C18H16N2O5. The summed E-state index contributed by atoms with van der Waals surface area (Å²) in [5.41, 5.74) is 2.89. The number of carbonyl (C=O) groups is 2. The smallest absolute Gasteiger partial charge is 0.342 e. The van der Waals surface area contributed by atoms with Gasteiger partial charge >= 0.3 is 5.97 Å². The Kier molecular flexibility index (Phi) is 4.65. The molecule has 1 N–H and O–H groups in total. The summed E-state index contributed by atoms with van der Waals surface area (Å²) in [6.45, 7) is 3.19. The quantitative estimate of drug-likeness (QED) is 0.716. The highest BCUT2D eigenvalue weighted by atomic mass is 16.5. The van der Waals surface area contributed by atoms with Crippen LogP contribution in [0.25, 0.3) is 11.3 Å². The minimum Gasteiger partial charge on any atom is -0.469 e. The first-order chi connectivity index (χ1) is 12.0. The molecule has 0 aliphatic carbocycles. The van der Waals surface area contributed by atoms with Crippen molar-refractivity contribution in [2.45, 2.75) is 13.8 Å². The number of hydrogen-bond donors (Lipinski definition) is 1. The molecule has 3 rings (SSSR count). The number of nitrogens with zero attached hydrogens (tertiary/aromatic N) is 1. The second-order valence-corrected chi connectivity index (χ2v) is 5.46. The van der Waals surface area contributed by atoms with Crippen molar-refractivity contribution in [2.75, 3.05) is 11.9 Å². The first kappa shape index (κ1) is 16.5. The molecule has 0 fully saturated rings. The van der Waals surface area contributed by atoms with E-state index in [4.69, 9.17) is 13.7 Å². The normalized spacial score (nSPS) is 10.5. The van der Waals surface area contributed by atoms with E-state index in [1.54, 1.807) is 13.0 Å². The fourth-order valence-corrected chi connectivity index (χ4v) is 2.17. The van der Waals surface area contributed by atoms with Gasteiger partial charge < -0.3 is 13.7 Å². The van der Waals surface area contributed by atoms with Gasteiger partial charge in [0.1, 0.15) is 17.0 Å². The Bertz CT molecular complexity index is 892. The molecule has 2 aromatic heterocycles. The average molecular weight is 340 g/mol. The summed E-state index contributed by atoms with van der Waals surface area (Å²) in [5.74, 6) is -0.542. The summed E-state index contributed by atoms with van der Waals surface area (Å²) >= 11 is 0. The van der Waals surface area contributed by atoms with Crippen LogP contribution in [0.4, 0.5) is 5.88 Å². The minimum atomic E-state index is -0.626. The maximum atomic E-state index is 11.9. The van der Waals surface area contributed by atoms with Gasteiger partial charge in [0.2, 0.25) is 5.88 Å². The summed E-state index contributed by atoms with van der Waals surface area (Å²) in [6.07, 6.45) is 1.38. The van der Waals surface area contributed by atoms with Crippen LogP contribution >= 0.6 is 0 Å². The highest BCUT2D eigenvalue weighted by Gasteiger charge is 2.16. The highest BCUT2D eigenvalue weighted by Crippen LogP contribution is 2.22. The average Bonchev–Trinajstić information content (AvgIpc) is 3.22. The summed E-state index contributed by atoms with van der Waals surface area (Å²) in [6, 6.07) is 10.8. The Hall–Kier alpha value is -3.35. The number of rotatable bonds is 5. The Morgan fingerprint density at radius 2 is 1.92 bits per heavy atom. The molecule has 1 aromatic carbocycles. The topological polar surface area (TPSA) is 94.6 Å². The number of amides is 1. The monoisotopic (exact) mass is 340 g/mol. The Morgan fingerprint density at radius 3 is 2.60 bits per heavy atom. The lowest BCUT2D eigenvalue weighted by atomic mass is 10.1. The molecule has 0 spiro atoms. The molecule has 7 heteroatoms. The van der Waals surface area contributed by atoms with Gasteiger partial charge in [0.15, 0.2) is 6.61 Å². The molecule has 0 saturated heterocycles. The lowest BCUT2D eigenvalue weighted by molar-refractivity contribution is -0.119. The second-order valence-electron chi connectivity index (χ2n) is 5.46. The zero-order valence-corrected chi connectivity index (χ0v) is 13.7. The number of anilines is 1. The van der Waals surface area contributed by atoms with Crippen LogP contribution in [0.5, 0.6) is 0 Å². The number of ether oxygens (including phenoxy) is 1. The van der Waals surface area contributed by atoms with Gasteiger partial charge in [0, 0.05) is 11.6 Å². The molecule has 7 nitrogen and oxygen atoms in total. The van der Waals surface area contributed by atoms with Crippen LogP contribution in [-0.2, 0) is 9.53 Å². The van der Waals surface area contributed by atoms with Crippen molar-refractivity contribution in [1.82, 2.24) is 5.16 Å². The van der Waals surface area contributed by atoms with E-state index in [1.807, 2.05) is 31.2 Å². The minimum absolute atomic E-state index is 0.177. The van der Waals surface area contributed by atoms with E-state index in [0.717, 1.165) is 11.1 Å². The lowest BCUT2D eigenvalue weighted by Gasteiger charge is -2.03. The summed E-state index contributed by atoms with van der Waals surface area (Å²) in [7, 11) is 0. The third-order valence-corrected chi connectivity index (χ3v) is 3.53. The van der Waals surface area contributed by atoms with E-state index in [-0.39, 0.29) is 11.4 Å². The zero-order valence-electron chi connectivity index (χ0n) is 13.7. The van der Waals surface area contributed by atoms with Crippen molar-refractivity contribution in [1.29, 1.82) is 0 Å². The molecular weight excluding hydrogens is 324 g/mol. The third-order valence-electron chi connectivity index (χ3n) is 3.53. The predicted octanol–water partition coefficient (Wildman–Crippen LogP) is 3.35. The first-order valence-electron chi connectivity index (χ1n) is 7.58. The van der Waals surface area contributed by atoms with E-state index in [0.29, 0.717) is 11.5 Å². The predicted molar refractivity (Wildman–Crippen MR) is 89.0 cm³/mol. The van der Waals surface area contributed by atoms with Crippen molar-refractivity contribution in [3.05, 3.63) is 59.5 Å². The third kappa shape index (κ3) is 3.95. The van der Waals surface area contributed by atoms with E-state index in [9.17, 15) is 9.59 Å². The Balaban J connectivity index is 1.56. The standard InChI is InChI=1S/C18H16N2O5/c1-11-3-5-13(6-4-11)15-9-17(25-20-15)19-16(21)10-24-18(22)14-7-8-23-12(14)2/h3-9H,10H2,1-2H3,(H,19,21). The van der Waals surface area contributed by atoms with Gasteiger partial charge in [0.05, 0.1) is 6.26 Å². The maximum absolute atomic E-state index is 11.9. The number of carbonyl (C=O) groups excluding carboxylic acids is 2. The second kappa shape index (κ2) is 7.04. The SMILES string of the molecule is Cc1ccc(-c2cc(NC(=O)COC(=O)c3ccoc3C)on2)cc1. The number of aryl methyl sites for hydroxylation is 2. The fraction of sp³-hybridized carbons (Fsp3) is 0.167. The first-order valence-corrected chi connectivity index (χ1v) is 7.58. The van der Waals surface area contributed by atoms with Gasteiger partial charge in [-0.3, -0.25) is 10.1 Å². The largest absolute Gasteiger partial charge is 0.469 e. The molecule has 0 saturated carbocycles. The lowest BCUT2D eigenvalue weighted by Crippen LogP contribution is -2.20. The van der Waals surface area contributed by atoms with Crippen LogP contribution in [0.3, 0.4) is 0 Å².